The number of carbonyl (C=O) groups is 1. The van der Waals surface area contributed by atoms with Crippen molar-refractivity contribution in [3.63, 3.8) is 0 Å². The maximum absolute atomic E-state index is 12.8. The maximum atomic E-state index is 12.8. The molecular formula is C18H16BrNO4S. The topological polar surface area (TPSA) is 67.6 Å². The van der Waals surface area contributed by atoms with Gasteiger partial charge in [-0.1, -0.05) is 15.9 Å². The SMILES string of the molecule is Cc1c(C(=O)N(C)c2ccc(S(C)(=O)=O)cc2)oc2ccc(Br)cc12. The predicted molar refractivity (Wildman–Crippen MR) is 101 cm³/mol. The van der Waals surface area contributed by atoms with Gasteiger partial charge in [0.15, 0.2) is 15.6 Å². The third kappa shape index (κ3) is 3.34. The lowest BCUT2D eigenvalue weighted by Gasteiger charge is -2.16. The third-order valence-electron chi connectivity index (χ3n) is 4.05. The molecule has 3 aromatic rings. The first kappa shape index (κ1) is 17.7. The fourth-order valence-corrected chi connectivity index (χ4v) is 3.58. The standard InChI is InChI=1S/C18H16BrNO4S/c1-11-15-10-12(19)4-9-16(15)24-17(11)18(21)20(2)13-5-7-14(8-6-13)25(3,22)23/h4-10H,1-3H3. The molecule has 0 aliphatic carbocycles. The van der Waals surface area contributed by atoms with Gasteiger partial charge in [-0.25, -0.2) is 8.42 Å². The maximum Gasteiger partial charge on any atom is 0.294 e. The highest BCUT2D eigenvalue weighted by atomic mass is 79.9. The third-order valence-corrected chi connectivity index (χ3v) is 5.67. The monoisotopic (exact) mass is 421 g/mol. The zero-order valence-corrected chi connectivity index (χ0v) is 16.3. The Hall–Kier alpha value is -2.12. The minimum absolute atomic E-state index is 0.210. The van der Waals surface area contributed by atoms with Crippen LogP contribution in [0.4, 0.5) is 5.69 Å². The van der Waals surface area contributed by atoms with Crippen LogP contribution >= 0.6 is 15.9 Å². The number of fused-ring (bicyclic) bond motifs is 1. The molecule has 7 heteroatoms. The Morgan fingerprint density at radius 3 is 2.36 bits per heavy atom. The number of carbonyl (C=O) groups excluding carboxylic acids is 1. The minimum atomic E-state index is -3.27. The van der Waals surface area contributed by atoms with Crippen LogP contribution in [0, 0.1) is 6.92 Å². The van der Waals surface area contributed by atoms with Gasteiger partial charge in [-0.05, 0) is 49.4 Å². The molecule has 1 heterocycles. The van der Waals surface area contributed by atoms with Gasteiger partial charge in [-0.2, -0.15) is 0 Å². The Kier molecular flexibility index (Phi) is 4.47. The lowest BCUT2D eigenvalue weighted by Crippen LogP contribution is -2.26. The van der Waals surface area contributed by atoms with Crippen molar-refractivity contribution < 1.29 is 17.6 Å². The van der Waals surface area contributed by atoms with Gasteiger partial charge >= 0.3 is 0 Å². The van der Waals surface area contributed by atoms with Crippen molar-refractivity contribution in [2.24, 2.45) is 0 Å². The number of rotatable bonds is 3. The van der Waals surface area contributed by atoms with Gasteiger partial charge in [0.2, 0.25) is 0 Å². The summed E-state index contributed by atoms with van der Waals surface area (Å²) >= 11 is 3.42. The molecule has 1 aromatic heterocycles. The number of aryl methyl sites for hydroxylation is 1. The van der Waals surface area contributed by atoms with E-state index in [0.717, 1.165) is 21.7 Å². The summed E-state index contributed by atoms with van der Waals surface area (Å²) in [5.41, 5.74) is 1.99. The number of furan rings is 1. The van der Waals surface area contributed by atoms with Gasteiger partial charge in [0.1, 0.15) is 5.58 Å². The average Bonchev–Trinajstić information content (AvgIpc) is 2.89. The Bertz CT molecular complexity index is 1070. The molecule has 0 spiro atoms. The smallest absolute Gasteiger partial charge is 0.294 e. The van der Waals surface area contributed by atoms with Crippen LogP contribution in [-0.4, -0.2) is 27.6 Å². The molecule has 0 radical (unpaired) electrons. The lowest BCUT2D eigenvalue weighted by molar-refractivity contribution is 0.0967. The molecule has 5 nitrogen and oxygen atoms in total. The van der Waals surface area contributed by atoms with E-state index >= 15 is 0 Å². The predicted octanol–water partition coefficient (Wildman–Crippen LogP) is 4.18. The van der Waals surface area contributed by atoms with Crippen molar-refractivity contribution in [1.29, 1.82) is 0 Å². The van der Waals surface area contributed by atoms with E-state index in [1.54, 1.807) is 19.2 Å². The van der Waals surface area contributed by atoms with E-state index < -0.39 is 9.84 Å². The number of sulfone groups is 1. The summed E-state index contributed by atoms with van der Waals surface area (Å²) in [5.74, 6) is -0.0280. The van der Waals surface area contributed by atoms with Crippen LogP contribution < -0.4 is 4.90 Å². The number of nitrogens with zero attached hydrogens (tertiary/aromatic N) is 1. The second-order valence-corrected chi connectivity index (χ2v) is 8.76. The van der Waals surface area contributed by atoms with E-state index in [-0.39, 0.29) is 16.6 Å². The summed E-state index contributed by atoms with van der Waals surface area (Å²) < 4.78 is 29.7. The largest absolute Gasteiger partial charge is 0.451 e. The molecule has 3 rings (SSSR count). The summed E-state index contributed by atoms with van der Waals surface area (Å²) in [5, 5.41) is 0.874. The number of benzene rings is 2. The van der Waals surface area contributed by atoms with Crippen molar-refractivity contribution in [1.82, 2.24) is 0 Å². The molecule has 0 aliphatic heterocycles. The van der Waals surface area contributed by atoms with E-state index in [0.29, 0.717) is 11.3 Å². The summed E-state index contributed by atoms with van der Waals surface area (Å²) in [7, 11) is -1.65. The van der Waals surface area contributed by atoms with Crippen LogP contribution in [0.25, 0.3) is 11.0 Å². The first-order valence-electron chi connectivity index (χ1n) is 7.45. The number of hydrogen-bond acceptors (Lipinski definition) is 4. The number of amides is 1. The summed E-state index contributed by atoms with van der Waals surface area (Å²) in [6.07, 6.45) is 1.15. The van der Waals surface area contributed by atoms with Crippen molar-refractivity contribution in [3.05, 3.63) is 58.3 Å². The summed E-state index contributed by atoms with van der Waals surface area (Å²) in [6, 6.07) is 11.7. The molecule has 130 valence electrons. The van der Waals surface area contributed by atoms with Gasteiger partial charge in [0, 0.05) is 34.4 Å². The van der Waals surface area contributed by atoms with Crippen molar-refractivity contribution in [3.8, 4) is 0 Å². The van der Waals surface area contributed by atoms with Gasteiger partial charge < -0.3 is 9.32 Å². The van der Waals surface area contributed by atoms with Gasteiger partial charge in [0.05, 0.1) is 4.90 Å². The van der Waals surface area contributed by atoms with Crippen LogP contribution in [0.1, 0.15) is 16.1 Å². The molecule has 0 fully saturated rings. The highest BCUT2D eigenvalue weighted by Crippen LogP contribution is 2.29. The summed E-state index contributed by atoms with van der Waals surface area (Å²) in [4.78, 5) is 14.5. The quantitative estimate of drug-likeness (QED) is 0.635. The van der Waals surface area contributed by atoms with Gasteiger partial charge in [-0.15, -0.1) is 0 Å². The fraction of sp³-hybridized carbons (Fsp3) is 0.167. The zero-order chi connectivity index (χ0) is 18.4. The second kappa shape index (κ2) is 6.31. The molecule has 0 atom stereocenters. The van der Waals surface area contributed by atoms with Crippen LogP contribution in [0.15, 0.2) is 56.2 Å². The molecular weight excluding hydrogens is 406 g/mol. The van der Waals surface area contributed by atoms with Crippen LogP contribution in [0.3, 0.4) is 0 Å². The Balaban J connectivity index is 1.96. The van der Waals surface area contributed by atoms with Crippen LogP contribution in [0.2, 0.25) is 0 Å². The normalized spacial score (nSPS) is 11.7. The van der Waals surface area contributed by atoms with E-state index in [4.69, 9.17) is 4.42 Å². The summed E-state index contributed by atoms with van der Waals surface area (Å²) in [6.45, 7) is 1.84. The van der Waals surface area contributed by atoms with Gasteiger partial charge in [-0.3, -0.25) is 4.79 Å². The first-order chi connectivity index (χ1) is 11.7. The average molecular weight is 422 g/mol. The second-order valence-electron chi connectivity index (χ2n) is 5.83. The highest BCUT2D eigenvalue weighted by Gasteiger charge is 2.22. The Morgan fingerprint density at radius 2 is 1.76 bits per heavy atom. The van der Waals surface area contributed by atoms with E-state index in [2.05, 4.69) is 15.9 Å². The zero-order valence-electron chi connectivity index (χ0n) is 13.9. The minimum Gasteiger partial charge on any atom is -0.451 e. The van der Waals surface area contributed by atoms with Crippen LogP contribution in [-0.2, 0) is 9.84 Å². The van der Waals surface area contributed by atoms with Crippen molar-refractivity contribution in [2.75, 3.05) is 18.2 Å². The highest BCUT2D eigenvalue weighted by molar-refractivity contribution is 9.10. The molecule has 0 unspecified atom stereocenters. The van der Waals surface area contributed by atoms with E-state index in [1.165, 1.54) is 17.0 Å². The molecule has 25 heavy (non-hydrogen) atoms. The van der Waals surface area contributed by atoms with Crippen molar-refractivity contribution >= 4 is 48.3 Å². The molecule has 2 aromatic carbocycles. The number of hydrogen-bond donors (Lipinski definition) is 0. The fourth-order valence-electron chi connectivity index (χ4n) is 2.58. The molecule has 0 N–H and O–H groups in total. The number of halogens is 1. The Labute approximate surface area is 154 Å². The number of anilines is 1. The first-order valence-corrected chi connectivity index (χ1v) is 10.1. The molecule has 0 aliphatic rings. The molecule has 0 saturated heterocycles. The molecule has 0 saturated carbocycles. The lowest BCUT2D eigenvalue weighted by atomic mass is 10.1. The molecule has 0 bridgehead atoms. The Morgan fingerprint density at radius 1 is 1.12 bits per heavy atom. The van der Waals surface area contributed by atoms with Crippen molar-refractivity contribution in [2.45, 2.75) is 11.8 Å². The van der Waals surface area contributed by atoms with Crippen LogP contribution in [0.5, 0.6) is 0 Å². The molecule has 1 amide bonds. The van der Waals surface area contributed by atoms with E-state index in [9.17, 15) is 13.2 Å². The van der Waals surface area contributed by atoms with E-state index in [1.807, 2.05) is 25.1 Å². The van der Waals surface area contributed by atoms with Gasteiger partial charge in [0.25, 0.3) is 5.91 Å².